The Balaban J connectivity index is 2.58. The summed E-state index contributed by atoms with van der Waals surface area (Å²) in [5.41, 5.74) is 1.87. The van der Waals surface area contributed by atoms with Gasteiger partial charge >= 0.3 is 6.09 Å². The van der Waals surface area contributed by atoms with Crippen LogP contribution in [-0.2, 0) is 11.2 Å². The van der Waals surface area contributed by atoms with Crippen molar-refractivity contribution < 1.29 is 14.3 Å². The summed E-state index contributed by atoms with van der Waals surface area (Å²) < 4.78 is 10.4. The fraction of sp³-hybridized carbons (Fsp3) is 0.562. The second kappa shape index (κ2) is 6.64. The molecular formula is C16H25NO3. The molecule has 4 heteroatoms. The van der Waals surface area contributed by atoms with Gasteiger partial charge in [0.1, 0.15) is 11.4 Å². The molecule has 20 heavy (non-hydrogen) atoms. The second-order valence-electron chi connectivity index (χ2n) is 6.04. The summed E-state index contributed by atoms with van der Waals surface area (Å²) in [5.74, 6) is 0.846. The molecule has 0 bridgehead atoms. The number of aryl methyl sites for hydroxylation is 1. The summed E-state index contributed by atoms with van der Waals surface area (Å²) >= 11 is 0. The molecule has 0 saturated carbocycles. The Morgan fingerprint density at radius 2 is 2.00 bits per heavy atom. The van der Waals surface area contributed by atoms with Crippen LogP contribution in [0.4, 0.5) is 4.79 Å². The zero-order chi connectivity index (χ0) is 15.3. The molecule has 1 aromatic rings. The summed E-state index contributed by atoms with van der Waals surface area (Å²) in [4.78, 5) is 11.7. The second-order valence-corrected chi connectivity index (χ2v) is 6.04. The molecule has 0 saturated heterocycles. The fourth-order valence-corrected chi connectivity index (χ4v) is 1.91. The molecule has 1 atom stereocenters. The van der Waals surface area contributed by atoms with Crippen molar-refractivity contribution >= 4 is 6.09 Å². The van der Waals surface area contributed by atoms with Gasteiger partial charge in [0.25, 0.3) is 0 Å². The molecule has 1 unspecified atom stereocenters. The Kier molecular flexibility index (Phi) is 5.43. The zero-order valence-electron chi connectivity index (χ0n) is 13.2. The standard InChI is InChI=1S/C16H25NO3/c1-11-9-14(19-6)8-7-13(11)10-12(2)17-15(18)20-16(3,4)5/h7-9,12H,10H2,1-6H3,(H,17,18). The highest BCUT2D eigenvalue weighted by Crippen LogP contribution is 2.18. The Labute approximate surface area is 121 Å². The summed E-state index contributed by atoms with van der Waals surface area (Å²) in [6.07, 6.45) is 0.380. The van der Waals surface area contributed by atoms with Crippen LogP contribution in [0.3, 0.4) is 0 Å². The van der Waals surface area contributed by atoms with Crippen LogP contribution in [0, 0.1) is 6.92 Å². The first-order chi connectivity index (χ1) is 9.21. The number of ether oxygens (including phenoxy) is 2. The smallest absolute Gasteiger partial charge is 0.407 e. The van der Waals surface area contributed by atoms with Crippen molar-refractivity contribution in [2.45, 2.75) is 52.7 Å². The SMILES string of the molecule is COc1ccc(CC(C)NC(=O)OC(C)(C)C)c(C)c1. The first-order valence-electron chi connectivity index (χ1n) is 6.84. The Bertz CT molecular complexity index is 463. The molecule has 0 aliphatic heterocycles. The van der Waals surface area contributed by atoms with E-state index in [9.17, 15) is 4.79 Å². The molecule has 0 radical (unpaired) electrons. The predicted octanol–water partition coefficient (Wildman–Crippen LogP) is 3.46. The Morgan fingerprint density at radius 3 is 2.50 bits per heavy atom. The van der Waals surface area contributed by atoms with Crippen LogP contribution >= 0.6 is 0 Å². The average molecular weight is 279 g/mol. The summed E-state index contributed by atoms with van der Waals surface area (Å²) in [6, 6.07) is 5.97. The number of hydrogen-bond acceptors (Lipinski definition) is 3. The predicted molar refractivity (Wildman–Crippen MR) is 80.3 cm³/mol. The number of benzene rings is 1. The van der Waals surface area contributed by atoms with E-state index < -0.39 is 5.60 Å². The van der Waals surface area contributed by atoms with Crippen LogP contribution in [0.25, 0.3) is 0 Å². The van der Waals surface area contributed by atoms with Crippen LogP contribution in [0.1, 0.15) is 38.8 Å². The van der Waals surface area contributed by atoms with E-state index in [0.717, 1.165) is 17.7 Å². The van der Waals surface area contributed by atoms with Gasteiger partial charge in [0.15, 0.2) is 0 Å². The minimum atomic E-state index is -0.472. The van der Waals surface area contributed by atoms with E-state index in [1.165, 1.54) is 5.56 Å². The van der Waals surface area contributed by atoms with Gasteiger partial charge in [0, 0.05) is 6.04 Å². The van der Waals surface area contributed by atoms with E-state index in [2.05, 4.69) is 5.32 Å². The molecule has 0 aliphatic carbocycles. The highest BCUT2D eigenvalue weighted by molar-refractivity contribution is 5.68. The molecule has 0 aromatic heterocycles. The lowest BCUT2D eigenvalue weighted by Gasteiger charge is -2.22. The van der Waals surface area contributed by atoms with Gasteiger partial charge in [-0.1, -0.05) is 6.07 Å². The summed E-state index contributed by atoms with van der Waals surface area (Å²) in [5, 5.41) is 2.85. The fourth-order valence-electron chi connectivity index (χ4n) is 1.91. The molecule has 0 spiro atoms. The minimum absolute atomic E-state index is 0.0111. The Morgan fingerprint density at radius 1 is 1.35 bits per heavy atom. The lowest BCUT2D eigenvalue weighted by atomic mass is 10.0. The van der Waals surface area contributed by atoms with Crippen LogP contribution in [0.2, 0.25) is 0 Å². The first-order valence-corrected chi connectivity index (χ1v) is 6.84. The average Bonchev–Trinajstić information content (AvgIpc) is 2.28. The van der Waals surface area contributed by atoms with Crippen LogP contribution in [0.5, 0.6) is 5.75 Å². The molecular weight excluding hydrogens is 254 g/mol. The lowest BCUT2D eigenvalue weighted by molar-refractivity contribution is 0.0508. The van der Waals surface area contributed by atoms with Crippen LogP contribution < -0.4 is 10.1 Å². The van der Waals surface area contributed by atoms with Gasteiger partial charge in [-0.2, -0.15) is 0 Å². The first kappa shape index (κ1) is 16.3. The minimum Gasteiger partial charge on any atom is -0.497 e. The van der Waals surface area contributed by atoms with E-state index in [0.29, 0.717) is 0 Å². The third-order valence-electron chi connectivity index (χ3n) is 2.84. The number of methoxy groups -OCH3 is 1. The topological polar surface area (TPSA) is 47.6 Å². The molecule has 0 aliphatic rings. The van der Waals surface area contributed by atoms with E-state index in [-0.39, 0.29) is 12.1 Å². The third kappa shape index (κ3) is 5.51. The van der Waals surface area contributed by atoms with Gasteiger partial charge in [0.2, 0.25) is 0 Å². The maximum absolute atomic E-state index is 11.7. The molecule has 1 rings (SSSR count). The number of rotatable bonds is 4. The number of hydrogen-bond donors (Lipinski definition) is 1. The van der Waals surface area contributed by atoms with Gasteiger partial charge < -0.3 is 14.8 Å². The maximum atomic E-state index is 11.7. The van der Waals surface area contributed by atoms with Crippen molar-refractivity contribution in [1.82, 2.24) is 5.32 Å². The van der Waals surface area contributed by atoms with Crippen molar-refractivity contribution in [3.05, 3.63) is 29.3 Å². The Hall–Kier alpha value is -1.71. The van der Waals surface area contributed by atoms with Crippen LogP contribution in [0.15, 0.2) is 18.2 Å². The number of carbonyl (C=O) groups excluding carboxylic acids is 1. The quantitative estimate of drug-likeness (QED) is 0.918. The van der Waals surface area contributed by atoms with Crippen molar-refractivity contribution in [3.8, 4) is 5.75 Å². The molecule has 1 N–H and O–H groups in total. The molecule has 1 amide bonds. The molecule has 0 heterocycles. The third-order valence-corrected chi connectivity index (χ3v) is 2.84. The van der Waals surface area contributed by atoms with Crippen molar-refractivity contribution in [2.24, 2.45) is 0 Å². The highest BCUT2D eigenvalue weighted by atomic mass is 16.6. The van der Waals surface area contributed by atoms with Crippen molar-refractivity contribution in [2.75, 3.05) is 7.11 Å². The molecule has 1 aromatic carbocycles. The van der Waals surface area contributed by atoms with Crippen LogP contribution in [-0.4, -0.2) is 24.8 Å². The van der Waals surface area contributed by atoms with Crippen molar-refractivity contribution in [3.63, 3.8) is 0 Å². The van der Waals surface area contributed by atoms with Gasteiger partial charge in [0.05, 0.1) is 7.11 Å². The van der Waals surface area contributed by atoms with E-state index in [4.69, 9.17) is 9.47 Å². The summed E-state index contributed by atoms with van der Waals surface area (Å²) in [6.45, 7) is 9.56. The monoisotopic (exact) mass is 279 g/mol. The van der Waals surface area contributed by atoms with Gasteiger partial charge in [-0.3, -0.25) is 0 Å². The normalized spacial score (nSPS) is 12.7. The van der Waals surface area contributed by atoms with E-state index in [1.54, 1.807) is 7.11 Å². The molecule has 0 fully saturated rings. The number of carbonyl (C=O) groups is 1. The molecule has 4 nitrogen and oxygen atoms in total. The number of nitrogens with one attached hydrogen (secondary N) is 1. The molecule has 112 valence electrons. The number of amides is 1. The largest absolute Gasteiger partial charge is 0.497 e. The van der Waals surface area contributed by atoms with Crippen molar-refractivity contribution in [1.29, 1.82) is 0 Å². The van der Waals surface area contributed by atoms with Gasteiger partial charge in [-0.05, 0) is 64.3 Å². The zero-order valence-corrected chi connectivity index (χ0v) is 13.2. The van der Waals surface area contributed by atoms with Gasteiger partial charge in [-0.25, -0.2) is 4.79 Å². The summed E-state index contributed by atoms with van der Waals surface area (Å²) in [7, 11) is 1.65. The van der Waals surface area contributed by atoms with Gasteiger partial charge in [-0.15, -0.1) is 0 Å². The van der Waals surface area contributed by atoms with E-state index >= 15 is 0 Å². The maximum Gasteiger partial charge on any atom is 0.407 e. The highest BCUT2D eigenvalue weighted by Gasteiger charge is 2.18. The van der Waals surface area contributed by atoms with E-state index in [1.807, 2.05) is 52.8 Å². The lowest BCUT2D eigenvalue weighted by Crippen LogP contribution is -2.38. The number of alkyl carbamates (subject to hydrolysis) is 1.